The maximum absolute atomic E-state index is 11.3. The monoisotopic (exact) mass is 1350 g/mol. The molecule has 0 fully saturated rings. The van der Waals surface area contributed by atoms with Gasteiger partial charge in [-0.25, -0.2) is 9.59 Å². The predicted molar refractivity (Wildman–Crippen MR) is 343 cm³/mol. The zero-order valence-corrected chi connectivity index (χ0v) is 52.7. The molecule has 8 N–H and O–H groups in total. The number of aromatic carboxylic acids is 2. The van der Waals surface area contributed by atoms with Crippen LogP contribution in [0.5, 0.6) is 23.0 Å². The Kier molecular flexibility index (Phi) is 30.7. The summed E-state index contributed by atoms with van der Waals surface area (Å²) >= 11 is 1.73. The Balaban J connectivity index is 0.000000219. The van der Waals surface area contributed by atoms with E-state index in [0.717, 1.165) is 42.8 Å². The number of aryl methyl sites for hydroxylation is 4. The van der Waals surface area contributed by atoms with Gasteiger partial charge in [-0.2, -0.15) is 0 Å². The van der Waals surface area contributed by atoms with Gasteiger partial charge in [0.2, 0.25) is 0 Å². The second-order valence-electron chi connectivity index (χ2n) is 18.6. The second kappa shape index (κ2) is 38.2. The van der Waals surface area contributed by atoms with Crippen molar-refractivity contribution in [2.45, 2.75) is 65.2 Å². The molecule has 0 aliphatic heterocycles. The van der Waals surface area contributed by atoms with Crippen LogP contribution in [0, 0.1) is 0 Å². The topological polar surface area (TPSA) is 386 Å². The standard InChI is InChI=1S/C17H20N2O5S.C17H20N2O4S.C13H12ClNO5S.C13H12ClNO4S/c1-2-3-9-18-14-10-12(17(20)21)11-15(19-25(22)23)16(14)24-13-7-5-4-6-8-13;1-2-3-9-18-15-10-13(12-20)11-16(19-24(21)22)17(15)23-14-7-5-4-6-8-14;14-11-6-8(3-4-9-2-1-5-20-9)10(13(16)17)7-12(11)15-21(18)19;14-12-6-9(3-4-11-2-1-5-19-11)10(8-16)7-13(12)15-20(17)18/h4-8,10-11,18-19H,2-3,9H2,1H3,(H,20,21)(H,22,23);4-8,10-12,18-19H,2-3,9H2,1H3,(H,21,22);1-2,5-7,15H,3-4H2,(H,16,17)(H,18,19);1-2,5-8,15H,3-4H2,(H,17,18)/p-4. The fourth-order valence-electron chi connectivity index (χ4n) is 8.04. The number of carboxylic acid groups (broad SMARTS) is 2. The molecule has 0 spiro atoms. The van der Waals surface area contributed by atoms with E-state index in [2.05, 4.69) is 36.4 Å². The number of para-hydroxylation sites is 2. The van der Waals surface area contributed by atoms with Gasteiger partial charge >= 0.3 is 11.9 Å². The smallest absolute Gasteiger partial charge is 0.336 e. The van der Waals surface area contributed by atoms with Crippen LogP contribution in [-0.2, 0) is 70.7 Å². The summed E-state index contributed by atoms with van der Waals surface area (Å²) < 4.78 is 118. The number of hydrogen-bond acceptors (Lipinski definition) is 18. The van der Waals surface area contributed by atoms with Crippen LogP contribution in [-0.4, -0.2) is 82.9 Å². The minimum Gasteiger partial charge on any atom is -0.755 e. The molecule has 2 aromatic heterocycles. The van der Waals surface area contributed by atoms with Gasteiger partial charge in [0.05, 0.1) is 67.8 Å². The van der Waals surface area contributed by atoms with E-state index in [9.17, 15) is 64.4 Å². The van der Waals surface area contributed by atoms with E-state index in [1.54, 1.807) is 73.0 Å². The zero-order chi connectivity index (χ0) is 65.5. The van der Waals surface area contributed by atoms with Gasteiger partial charge in [-0.3, -0.25) is 26.4 Å². The average molecular weight is 1350 g/mol. The van der Waals surface area contributed by atoms with Gasteiger partial charge in [0.25, 0.3) is 0 Å². The number of anilines is 6. The third-order valence-electron chi connectivity index (χ3n) is 12.2. The van der Waals surface area contributed by atoms with Gasteiger partial charge in [0.1, 0.15) is 35.6 Å². The van der Waals surface area contributed by atoms with Crippen LogP contribution in [0.25, 0.3) is 0 Å². The highest BCUT2D eigenvalue weighted by Gasteiger charge is 2.19. The van der Waals surface area contributed by atoms with E-state index < -0.39 is 57.0 Å². The molecule has 2 heterocycles. The van der Waals surface area contributed by atoms with Crippen LogP contribution in [0.2, 0.25) is 10.0 Å². The lowest BCUT2D eigenvalue weighted by molar-refractivity contribution is 0.0685. The van der Waals surface area contributed by atoms with Crippen LogP contribution in [0.15, 0.2) is 155 Å². The molecule has 8 aromatic rings. The van der Waals surface area contributed by atoms with Crippen molar-refractivity contribution in [2.24, 2.45) is 0 Å². The summed E-state index contributed by atoms with van der Waals surface area (Å²) in [4.78, 5) is 44.9. The van der Waals surface area contributed by atoms with Gasteiger partial charge < -0.3 is 76.3 Å². The molecule has 90 heavy (non-hydrogen) atoms. The van der Waals surface area contributed by atoms with E-state index in [1.807, 2.05) is 37.3 Å². The van der Waals surface area contributed by atoms with Crippen molar-refractivity contribution < 1.29 is 82.7 Å². The van der Waals surface area contributed by atoms with Gasteiger partial charge in [-0.05, 0) is 134 Å². The van der Waals surface area contributed by atoms with Crippen molar-refractivity contribution in [3.63, 3.8) is 0 Å². The summed E-state index contributed by atoms with van der Waals surface area (Å²) in [5, 5.41) is 25.2. The van der Waals surface area contributed by atoms with E-state index in [1.165, 1.54) is 42.7 Å². The number of hydrogen-bond donors (Lipinski definition) is 8. The quantitative estimate of drug-likeness (QED) is 0.0118. The molecule has 0 aliphatic rings. The Bertz CT molecular complexity index is 3720. The Morgan fingerprint density at radius 1 is 0.511 bits per heavy atom. The van der Waals surface area contributed by atoms with E-state index in [4.69, 9.17) is 41.5 Å². The Hall–Kier alpha value is -8.42. The Morgan fingerprint density at radius 2 is 0.933 bits per heavy atom. The third kappa shape index (κ3) is 24.5. The van der Waals surface area contributed by atoms with Crippen molar-refractivity contribution in [1.82, 2.24) is 0 Å². The van der Waals surface area contributed by atoms with E-state index in [0.29, 0.717) is 96.7 Å². The first kappa shape index (κ1) is 72.3. The maximum Gasteiger partial charge on any atom is 0.336 e. The number of halogens is 2. The summed E-state index contributed by atoms with van der Waals surface area (Å²) in [6.45, 7) is 5.39. The molecule has 4 atom stereocenters. The van der Waals surface area contributed by atoms with Crippen LogP contribution in [0.1, 0.15) is 104 Å². The third-order valence-corrected chi connectivity index (χ3v) is 14.4. The number of unbranched alkanes of at least 4 members (excludes halogenated alkanes) is 2. The summed E-state index contributed by atoms with van der Waals surface area (Å²) in [5.74, 6) is 0.832. The molecule has 0 aliphatic carbocycles. The number of nitrogens with one attached hydrogen (secondary N) is 6. The number of rotatable bonds is 30. The zero-order valence-electron chi connectivity index (χ0n) is 47.9. The molecule has 8 rings (SSSR count). The summed E-state index contributed by atoms with van der Waals surface area (Å²) in [6.07, 6.45) is 10.4. The molecular formula is C60H60Cl2N6O18S4-4. The number of carbonyl (C=O) groups is 4. The van der Waals surface area contributed by atoms with E-state index >= 15 is 0 Å². The Morgan fingerprint density at radius 3 is 1.36 bits per heavy atom. The summed E-state index contributed by atoms with van der Waals surface area (Å²) in [5.41, 5.74) is 3.38. The average Bonchev–Trinajstić information content (AvgIpc) is 1.06. The normalized spacial score (nSPS) is 11.8. The number of furan rings is 2. The molecule has 24 nitrogen and oxygen atoms in total. The van der Waals surface area contributed by atoms with Crippen molar-refractivity contribution in [1.29, 1.82) is 0 Å². The maximum atomic E-state index is 11.3. The highest BCUT2D eigenvalue weighted by Crippen LogP contribution is 2.40. The Labute approximate surface area is 538 Å². The van der Waals surface area contributed by atoms with Crippen LogP contribution in [0.4, 0.5) is 34.1 Å². The first-order valence-corrected chi connectivity index (χ1v) is 32.1. The largest absolute Gasteiger partial charge is 0.755 e. The number of aldehydes is 2. The highest BCUT2D eigenvalue weighted by molar-refractivity contribution is 7.81. The predicted octanol–water partition coefficient (Wildman–Crippen LogP) is 12.7. The lowest BCUT2D eigenvalue weighted by atomic mass is 10.0. The van der Waals surface area contributed by atoms with Crippen LogP contribution >= 0.6 is 23.2 Å². The van der Waals surface area contributed by atoms with Crippen LogP contribution < -0.4 is 39.0 Å². The van der Waals surface area contributed by atoms with Gasteiger partial charge in [0.15, 0.2) is 11.5 Å². The number of ether oxygens (including phenoxy) is 2. The van der Waals surface area contributed by atoms with Crippen LogP contribution in [0.3, 0.4) is 0 Å². The minimum absolute atomic E-state index is 0.00101. The lowest BCUT2D eigenvalue weighted by Gasteiger charge is -2.19. The SMILES string of the molecule is CCCCNc1cc(C(=O)O)cc(NS(=O)[O-])c1Oc1ccccc1.CCCCNc1cc(C=O)cc(NS(=O)[O-])c1Oc1ccccc1.O=C(O)c1cc(NS(=O)[O-])c(Cl)cc1CCc1ccco1.O=Cc1cc(NS(=O)[O-])c(Cl)cc1CCc1ccco1. The second-order valence-corrected chi connectivity index (χ2v) is 22.1. The summed E-state index contributed by atoms with van der Waals surface area (Å²) in [6, 6.07) is 36.4. The summed E-state index contributed by atoms with van der Waals surface area (Å²) in [7, 11) is 0. The van der Waals surface area contributed by atoms with Crippen molar-refractivity contribution in [3.05, 3.63) is 201 Å². The van der Waals surface area contributed by atoms with Gasteiger partial charge in [0, 0.05) is 82.1 Å². The molecule has 0 bridgehead atoms. The molecular weight excluding hydrogens is 1290 g/mol. The molecule has 30 heteroatoms. The number of carboxylic acids is 2. The number of benzene rings is 6. The van der Waals surface area contributed by atoms with E-state index in [-0.39, 0.29) is 49.7 Å². The fourth-order valence-corrected chi connectivity index (χ4v) is 9.98. The van der Waals surface area contributed by atoms with Crippen molar-refractivity contribution >= 4 is 127 Å². The molecule has 4 unspecified atom stereocenters. The van der Waals surface area contributed by atoms with Crippen molar-refractivity contribution in [3.8, 4) is 23.0 Å². The molecule has 480 valence electrons. The number of carbonyl (C=O) groups excluding carboxylic acids is 2. The van der Waals surface area contributed by atoms with Gasteiger partial charge in [-0.15, -0.1) is 0 Å². The lowest BCUT2D eigenvalue weighted by Crippen LogP contribution is -2.10. The first-order valence-electron chi connectivity index (χ1n) is 27.0. The minimum atomic E-state index is -2.62. The highest BCUT2D eigenvalue weighted by atomic mass is 35.5. The first-order chi connectivity index (χ1) is 43.2. The molecule has 0 saturated heterocycles. The molecule has 0 radical (unpaired) electrons. The van der Waals surface area contributed by atoms with Gasteiger partial charge in [-0.1, -0.05) is 86.3 Å². The molecule has 0 saturated carbocycles. The van der Waals surface area contributed by atoms with Crippen molar-refractivity contribution in [2.75, 3.05) is 42.6 Å². The molecule has 6 aromatic carbocycles. The molecule has 0 amide bonds. The fraction of sp³-hybridized carbons (Fsp3) is 0.200.